The van der Waals surface area contributed by atoms with E-state index in [4.69, 9.17) is 4.74 Å². The molecule has 3 aromatic carbocycles. The van der Waals surface area contributed by atoms with Crippen LogP contribution in [-0.4, -0.2) is 27.8 Å². The number of imidazole rings is 1. The van der Waals surface area contributed by atoms with Crippen LogP contribution in [0.3, 0.4) is 0 Å². The van der Waals surface area contributed by atoms with Crippen LogP contribution in [0.2, 0.25) is 0 Å². The highest BCUT2D eigenvalue weighted by atomic mass is 32.2. The zero-order chi connectivity index (χ0) is 20.6. The van der Waals surface area contributed by atoms with Crippen LogP contribution < -0.4 is 10.1 Å². The number of hydrogen-bond donors (Lipinski definition) is 1. The molecule has 1 heterocycles. The van der Waals surface area contributed by atoms with Crippen molar-refractivity contribution in [1.29, 1.82) is 0 Å². The van der Waals surface area contributed by atoms with Crippen LogP contribution in [0.1, 0.15) is 5.82 Å². The first-order chi connectivity index (χ1) is 14.8. The SMILES string of the molecule is O=C(Cn1c(COc2ccccc2)nc2ccccc21)NCCSc1ccccc1. The molecule has 0 atom stereocenters. The normalized spacial score (nSPS) is 10.8. The highest BCUT2D eigenvalue weighted by molar-refractivity contribution is 7.99. The average molecular weight is 418 g/mol. The van der Waals surface area contributed by atoms with Crippen molar-refractivity contribution in [3.63, 3.8) is 0 Å². The summed E-state index contributed by atoms with van der Waals surface area (Å²) in [5.41, 5.74) is 1.79. The molecule has 152 valence electrons. The summed E-state index contributed by atoms with van der Waals surface area (Å²) >= 11 is 1.73. The molecule has 1 aromatic heterocycles. The van der Waals surface area contributed by atoms with Crippen molar-refractivity contribution in [3.8, 4) is 5.75 Å². The lowest BCUT2D eigenvalue weighted by Crippen LogP contribution is -2.30. The predicted octanol–water partition coefficient (Wildman–Crippen LogP) is 4.52. The minimum Gasteiger partial charge on any atom is -0.486 e. The van der Waals surface area contributed by atoms with Crippen molar-refractivity contribution in [3.05, 3.63) is 90.8 Å². The zero-order valence-electron chi connectivity index (χ0n) is 16.5. The maximum absolute atomic E-state index is 12.6. The van der Waals surface area contributed by atoms with E-state index in [2.05, 4.69) is 22.4 Å². The van der Waals surface area contributed by atoms with E-state index in [-0.39, 0.29) is 12.5 Å². The molecule has 0 fully saturated rings. The van der Waals surface area contributed by atoms with Crippen LogP contribution in [0.15, 0.2) is 89.8 Å². The molecule has 0 radical (unpaired) electrons. The molecule has 0 aliphatic rings. The summed E-state index contributed by atoms with van der Waals surface area (Å²) in [7, 11) is 0. The van der Waals surface area contributed by atoms with E-state index in [0.717, 1.165) is 28.4 Å². The Morgan fingerprint density at radius 2 is 1.63 bits per heavy atom. The molecule has 6 heteroatoms. The van der Waals surface area contributed by atoms with Crippen LogP contribution in [0, 0.1) is 0 Å². The fourth-order valence-corrected chi connectivity index (χ4v) is 3.94. The van der Waals surface area contributed by atoms with Gasteiger partial charge in [-0.1, -0.05) is 48.5 Å². The molecule has 0 aliphatic carbocycles. The predicted molar refractivity (Wildman–Crippen MR) is 121 cm³/mol. The molecular formula is C24H23N3O2S. The molecule has 4 rings (SSSR count). The number of ether oxygens (including phenoxy) is 1. The average Bonchev–Trinajstić information content (AvgIpc) is 3.14. The Labute approximate surface area is 180 Å². The summed E-state index contributed by atoms with van der Waals surface area (Å²) in [5, 5.41) is 3.01. The molecule has 0 spiro atoms. The summed E-state index contributed by atoms with van der Waals surface area (Å²) in [6.07, 6.45) is 0. The molecule has 0 saturated carbocycles. The number of nitrogens with one attached hydrogen (secondary N) is 1. The Balaban J connectivity index is 1.38. The van der Waals surface area contributed by atoms with E-state index in [1.165, 1.54) is 4.90 Å². The third-order valence-electron chi connectivity index (χ3n) is 4.58. The van der Waals surface area contributed by atoms with E-state index >= 15 is 0 Å². The minimum atomic E-state index is -0.0345. The number of nitrogens with zero attached hydrogens (tertiary/aromatic N) is 2. The third-order valence-corrected chi connectivity index (χ3v) is 5.60. The van der Waals surface area contributed by atoms with Gasteiger partial charge in [-0.3, -0.25) is 4.79 Å². The number of hydrogen-bond acceptors (Lipinski definition) is 4. The summed E-state index contributed by atoms with van der Waals surface area (Å²) < 4.78 is 7.80. The molecule has 1 N–H and O–H groups in total. The van der Waals surface area contributed by atoms with Gasteiger partial charge in [-0.15, -0.1) is 11.8 Å². The number of aromatic nitrogens is 2. The van der Waals surface area contributed by atoms with E-state index < -0.39 is 0 Å². The largest absolute Gasteiger partial charge is 0.486 e. The van der Waals surface area contributed by atoms with Crippen molar-refractivity contribution in [1.82, 2.24) is 14.9 Å². The van der Waals surface area contributed by atoms with Gasteiger partial charge in [0.05, 0.1) is 11.0 Å². The smallest absolute Gasteiger partial charge is 0.240 e. The highest BCUT2D eigenvalue weighted by Crippen LogP contribution is 2.19. The van der Waals surface area contributed by atoms with Crippen molar-refractivity contribution in [2.24, 2.45) is 0 Å². The Morgan fingerprint density at radius 1 is 0.933 bits per heavy atom. The van der Waals surface area contributed by atoms with Crippen molar-refractivity contribution >= 4 is 28.7 Å². The van der Waals surface area contributed by atoms with Gasteiger partial charge in [-0.05, 0) is 36.4 Å². The molecule has 0 bridgehead atoms. The van der Waals surface area contributed by atoms with Gasteiger partial charge >= 0.3 is 0 Å². The monoisotopic (exact) mass is 417 g/mol. The third kappa shape index (κ3) is 5.21. The quantitative estimate of drug-likeness (QED) is 0.321. The second-order valence-electron chi connectivity index (χ2n) is 6.72. The number of carbonyl (C=O) groups is 1. The zero-order valence-corrected chi connectivity index (χ0v) is 17.3. The van der Waals surface area contributed by atoms with Gasteiger partial charge in [0, 0.05) is 17.2 Å². The van der Waals surface area contributed by atoms with Gasteiger partial charge in [-0.25, -0.2) is 4.98 Å². The molecular weight excluding hydrogens is 394 g/mol. The second-order valence-corrected chi connectivity index (χ2v) is 7.88. The number of carbonyl (C=O) groups excluding carboxylic acids is 1. The maximum Gasteiger partial charge on any atom is 0.240 e. The number of rotatable bonds is 9. The van der Waals surface area contributed by atoms with Gasteiger partial charge in [0.15, 0.2) is 0 Å². The number of benzene rings is 3. The van der Waals surface area contributed by atoms with Crippen LogP contribution in [-0.2, 0) is 17.9 Å². The van der Waals surface area contributed by atoms with Crippen molar-refractivity contribution in [2.45, 2.75) is 18.0 Å². The van der Waals surface area contributed by atoms with Crippen LogP contribution in [0.25, 0.3) is 11.0 Å². The van der Waals surface area contributed by atoms with Gasteiger partial charge in [0.1, 0.15) is 24.7 Å². The van der Waals surface area contributed by atoms with Gasteiger partial charge < -0.3 is 14.6 Å². The number of amides is 1. The van der Waals surface area contributed by atoms with Gasteiger partial charge in [0.2, 0.25) is 5.91 Å². The van der Waals surface area contributed by atoms with Gasteiger partial charge in [0.25, 0.3) is 0 Å². The minimum absolute atomic E-state index is 0.0345. The summed E-state index contributed by atoms with van der Waals surface area (Å²) in [6.45, 7) is 1.13. The summed E-state index contributed by atoms with van der Waals surface area (Å²) in [6, 6.07) is 27.6. The molecule has 1 amide bonds. The first-order valence-electron chi connectivity index (χ1n) is 9.86. The second kappa shape index (κ2) is 9.98. The number of para-hydroxylation sites is 3. The number of fused-ring (bicyclic) bond motifs is 1. The Hall–Kier alpha value is -3.25. The van der Waals surface area contributed by atoms with E-state index in [1.807, 2.05) is 77.4 Å². The highest BCUT2D eigenvalue weighted by Gasteiger charge is 2.14. The summed E-state index contributed by atoms with van der Waals surface area (Å²) in [4.78, 5) is 18.5. The fraction of sp³-hybridized carbons (Fsp3) is 0.167. The fourth-order valence-electron chi connectivity index (χ4n) is 3.15. The molecule has 4 aromatic rings. The first kappa shape index (κ1) is 20.0. The first-order valence-corrected chi connectivity index (χ1v) is 10.8. The summed E-state index contributed by atoms with van der Waals surface area (Å²) in [5.74, 6) is 2.30. The van der Waals surface area contributed by atoms with Gasteiger partial charge in [-0.2, -0.15) is 0 Å². The van der Waals surface area contributed by atoms with Crippen LogP contribution in [0.4, 0.5) is 0 Å². The Kier molecular flexibility index (Phi) is 6.67. The Morgan fingerprint density at radius 3 is 2.43 bits per heavy atom. The van der Waals surface area contributed by atoms with Crippen molar-refractivity contribution in [2.75, 3.05) is 12.3 Å². The molecule has 0 aliphatic heterocycles. The lowest BCUT2D eigenvalue weighted by Gasteiger charge is -2.11. The van der Waals surface area contributed by atoms with E-state index in [1.54, 1.807) is 11.8 Å². The number of thioether (sulfide) groups is 1. The lowest BCUT2D eigenvalue weighted by molar-refractivity contribution is -0.121. The Bertz CT molecular complexity index is 1100. The van der Waals surface area contributed by atoms with Crippen LogP contribution in [0.5, 0.6) is 5.75 Å². The van der Waals surface area contributed by atoms with Crippen LogP contribution >= 0.6 is 11.8 Å². The topological polar surface area (TPSA) is 56.2 Å². The standard InChI is InChI=1S/C24H23N3O2S/c28-24(25-15-16-30-20-11-5-2-6-12-20)17-27-22-14-8-7-13-21(22)26-23(27)18-29-19-9-3-1-4-10-19/h1-14H,15-18H2,(H,25,28). The lowest BCUT2D eigenvalue weighted by atomic mass is 10.3. The molecule has 0 saturated heterocycles. The molecule has 5 nitrogen and oxygen atoms in total. The van der Waals surface area contributed by atoms with Crippen molar-refractivity contribution < 1.29 is 9.53 Å². The molecule has 0 unspecified atom stereocenters. The van der Waals surface area contributed by atoms with E-state index in [9.17, 15) is 4.79 Å². The molecule has 30 heavy (non-hydrogen) atoms. The van der Waals surface area contributed by atoms with E-state index in [0.29, 0.717) is 13.2 Å². The maximum atomic E-state index is 12.6.